The summed E-state index contributed by atoms with van der Waals surface area (Å²) in [4.78, 5) is 1.79. The van der Waals surface area contributed by atoms with E-state index in [1.54, 1.807) is 19.1 Å². The average molecular weight is 228 g/mol. The number of hydrogen-bond acceptors (Lipinski definition) is 3. The van der Waals surface area contributed by atoms with Gasteiger partial charge in [0.05, 0.1) is 6.61 Å². The van der Waals surface area contributed by atoms with Crippen LogP contribution in [0.15, 0.2) is 0 Å². The number of rotatable bonds is 7. The molecule has 0 aromatic rings. The van der Waals surface area contributed by atoms with E-state index in [1.165, 1.54) is 0 Å². The fourth-order valence-electron chi connectivity index (χ4n) is 1.31. The van der Waals surface area contributed by atoms with Crippen molar-refractivity contribution in [2.75, 3.05) is 33.9 Å². The zero-order chi connectivity index (χ0) is 11.9. The van der Waals surface area contributed by atoms with Crippen LogP contribution in [0.2, 0.25) is 0 Å². The summed E-state index contributed by atoms with van der Waals surface area (Å²) < 4.78 is 40.3. The van der Waals surface area contributed by atoms with Gasteiger partial charge in [-0.2, -0.15) is 13.2 Å². The van der Waals surface area contributed by atoms with Crippen LogP contribution in [-0.2, 0) is 4.74 Å². The molecule has 3 nitrogen and oxygen atoms in total. The SMILES string of the molecule is COCC(N)CN(C)CCCC(F)(F)F. The summed E-state index contributed by atoms with van der Waals surface area (Å²) in [6.45, 7) is 1.37. The van der Waals surface area contributed by atoms with Crippen molar-refractivity contribution in [1.29, 1.82) is 0 Å². The first-order valence-electron chi connectivity index (χ1n) is 4.85. The molecule has 0 saturated heterocycles. The molecule has 0 radical (unpaired) electrons. The molecule has 0 saturated carbocycles. The fourth-order valence-corrected chi connectivity index (χ4v) is 1.31. The number of hydrogen-bond donors (Lipinski definition) is 1. The molecule has 0 aliphatic rings. The van der Waals surface area contributed by atoms with E-state index in [0.717, 1.165) is 0 Å². The maximum Gasteiger partial charge on any atom is 0.389 e. The van der Waals surface area contributed by atoms with Crippen molar-refractivity contribution in [3.05, 3.63) is 0 Å². The maximum absolute atomic E-state index is 11.8. The standard InChI is InChI=1S/C9H19F3N2O/c1-14(6-8(13)7-15-2)5-3-4-9(10,11)12/h8H,3-7,13H2,1-2H3. The number of nitrogens with zero attached hydrogens (tertiary/aromatic N) is 1. The Morgan fingerprint density at radius 1 is 1.40 bits per heavy atom. The van der Waals surface area contributed by atoms with Gasteiger partial charge in [-0.1, -0.05) is 0 Å². The second kappa shape index (κ2) is 7.03. The number of halogens is 3. The van der Waals surface area contributed by atoms with E-state index in [9.17, 15) is 13.2 Å². The van der Waals surface area contributed by atoms with Crippen molar-refractivity contribution in [1.82, 2.24) is 4.90 Å². The van der Waals surface area contributed by atoms with Crippen molar-refractivity contribution in [2.45, 2.75) is 25.1 Å². The van der Waals surface area contributed by atoms with E-state index in [4.69, 9.17) is 10.5 Å². The van der Waals surface area contributed by atoms with Gasteiger partial charge in [-0.3, -0.25) is 0 Å². The van der Waals surface area contributed by atoms with Gasteiger partial charge in [-0.05, 0) is 20.0 Å². The van der Waals surface area contributed by atoms with E-state index >= 15 is 0 Å². The topological polar surface area (TPSA) is 38.5 Å². The highest BCUT2D eigenvalue weighted by Crippen LogP contribution is 2.21. The first kappa shape index (κ1) is 14.7. The Kier molecular flexibility index (Phi) is 6.87. The van der Waals surface area contributed by atoms with Gasteiger partial charge in [0, 0.05) is 26.1 Å². The molecule has 92 valence electrons. The van der Waals surface area contributed by atoms with Crippen molar-refractivity contribution in [3.8, 4) is 0 Å². The minimum Gasteiger partial charge on any atom is -0.383 e. The molecule has 0 spiro atoms. The van der Waals surface area contributed by atoms with Gasteiger partial charge in [0.25, 0.3) is 0 Å². The highest BCUT2D eigenvalue weighted by atomic mass is 19.4. The molecule has 0 bridgehead atoms. The monoisotopic (exact) mass is 228 g/mol. The first-order chi connectivity index (χ1) is 6.85. The molecule has 0 aliphatic heterocycles. The molecule has 0 aliphatic carbocycles. The quantitative estimate of drug-likeness (QED) is 0.712. The average Bonchev–Trinajstić information content (AvgIpc) is 2.01. The second-order valence-electron chi connectivity index (χ2n) is 3.70. The van der Waals surface area contributed by atoms with Crippen molar-refractivity contribution >= 4 is 0 Å². The van der Waals surface area contributed by atoms with Crippen molar-refractivity contribution in [2.24, 2.45) is 5.73 Å². The van der Waals surface area contributed by atoms with Gasteiger partial charge in [0.1, 0.15) is 0 Å². The fraction of sp³-hybridized carbons (Fsp3) is 1.00. The predicted octanol–water partition coefficient (Wildman–Crippen LogP) is 1.23. The Hall–Kier alpha value is -0.330. The molecular formula is C9H19F3N2O. The Morgan fingerprint density at radius 3 is 2.47 bits per heavy atom. The first-order valence-corrected chi connectivity index (χ1v) is 4.85. The summed E-state index contributed by atoms with van der Waals surface area (Å²) in [5.41, 5.74) is 5.65. The molecule has 0 aromatic carbocycles. The second-order valence-corrected chi connectivity index (χ2v) is 3.70. The molecule has 15 heavy (non-hydrogen) atoms. The van der Waals surface area contributed by atoms with Crippen LogP contribution in [0.25, 0.3) is 0 Å². The molecule has 0 heterocycles. The lowest BCUT2D eigenvalue weighted by molar-refractivity contribution is -0.136. The normalized spacial score (nSPS) is 14.6. The summed E-state index contributed by atoms with van der Waals surface area (Å²) in [6, 6.07) is -0.147. The Labute approximate surface area is 88.4 Å². The van der Waals surface area contributed by atoms with Crippen LogP contribution in [0.5, 0.6) is 0 Å². The third-order valence-corrected chi connectivity index (χ3v) is 1.93. The van der Waals surface area contributed by atoms with Crippen LogP contribution in [0.1, 0.15) is 12.8 Å². The molecule has 0 aromatic heterocycles. The number of methoxy groups -OCH3 is 1. The molecule has 0 rings (SSSR count). The molecule has 1 atom stereocenters. The lowest BCUT2D eigenvalue weighted by atomic mass is 10.2. The molecule has 1 unspecified atom stereocenters. The summed E-state index contributed by atoms with van der Waals surface area (Å²) in [5, 5.41) is 0. The molecule has 2 N–H and O–H groups in total. The number of ether oxygens (including phenoxy) is 1. The summed E-state index contributed by atoms with van der Waals surface area (Å²) >= 11 is 0. The molecular weight excluding hydrogens is 209 g/mol. The largest absolute Gasteiger partial charge is 0.389 e. The van der Waals surface area contributed by atoms with Gasteiger partial charge in [0.15, 0.2) is 0 Å². The van der Waals surface area contributed by atoms with E-state index in [0.29, 0.717) is 19.7 Å². The lowest BCUT2D eigenvalue weighted by Gasteiger charge is -2.20. The zero-order valence-electron chi connectivity index (χ0n) is 9.18. The maximum atomic E-state index is 11.8. The Balaban J connectivity index is 3.53. The van der Waals surface area contributed by atoms with Crippen LogP contribution in [-0.4, -0.2) is 51.0 Å². The summed E-state index contributed by atoms with van der Waals surface area (Å²) in [6.07, 6.45) is -4.69. The van der Waals surface area contributed by atoms with E-state index in [2.05, 4.69) is 0 Å². The van der Waals surface area contributed by atoms with Crippen LogP contribution in [0.3, 0.4) is 0 Å². The minimum absolute atomic E-state index is 0.111. The van der Waals surface area contributed by atoms with Gasteiger partial charge in [0.2, 0.25) is 0 Å². The zero-order valence-corrected chi connectivity index (χ0v) is 9.18. The van der Waals surface area contributed by atoms with Crippen LogP contribution < -0.4 is 5.73 Å². The van der Waals surface area contributed by atoms with Crippen LogP contribution in [0.4, 0.5) is 13.2 Å². The summed E-state index contributed by atoms with van der Waals surface area (Å²) in [5.74, 6) is 0. The predicted molar refractivity (Wildman–Crippen MR) is 52.6 cm³/mol. The van der Waals surface area contributed by atoms with Crippen LogP contribution >= 0.6 is 0 Å². The third kappa shape index (κ3) is 9.96. The highest BCUT2D eigenvalue weighted by Gasteiger charge is 2.26. The van der Waals surface area contributed by atoms with Crippen molar-refractivity contribution in [3.63, 3.8) is 0 Å². The van der Waals surface area contributed by atoms with E-state index in [-0.39, 0.29) is 12.5 Å². The number of nitrogens with two attached hydrogens (primary N) is 1. The molecule has 0 amide bonds. The van der Waals surface area contributed by atoms with E-state index in [1.807, 2.05) is 0 Å². The minimum atomic E-state index is -4.06. The lowest BCUT2D eigenvalue weighted by Crippen LogP contribution is -2.38. The Bertz CT molecular complexity index is 164. The van der Waals surface area contributed by atoms with E-state index < -0.39 is 12.6 Å². The summed E-state index contributed by atoms with van der Waals surface area (Å²) in [7, 11) is 3.30. The van der Waals surface area contributed by atoms with Gasteiger partial charge in [-0.25, -0.2) is 0 Å². The highest BCUT2D eigenvalue weighted by molar-refractivity contribution is 4.65. The van der Waals surface area contributed by atoms with Crippen LogP contribution in [0, 0.1) is 0 Å². The molecule has 6 heteroatoms. The van der Waals surface area contributed by atoms with Crippen molar-refractivity contribution < 1.29 is 17.9 Å². The number of alkyl halides is 3. The van der Waals surface area contributed by atoms with Gasteiger partial charge >= 0.3 is 6.18 Å². The Morgan fingerprint density at radius 2 is 2.00 bits per heavy atom. The number of likely N-dealkylation sites (N-methyl/N-ethyl adjacent to an activating group) is 1. The smallest absolute Gasteiger partial charge is 0.383 e. The third-order valence-electron chi connectivity index (χ3n) is 1.93. The molecule has 0 fully saturated rings. The van der Waals surface area contributed by atoms with Gasteiger partial charge in [-0.15, -0.1) is 0 Å². The van der Waals surface area contributed by atoms with Gasteiger partial charge < -0.3 is 15.4 Å².